The molecule has 1 fully saturated rings. The lowest BCUT2D eigenvalue weighted by molar-refractivity contribution is 0.126. The van der Waals surface area contributed by atoms with Gasteiger partial charge in [-0.15, -0.1) is 35.3 Å². The van der Waals surface area contributed by atoms with Gasteiger partial charge in [-0.1, -0.05) is 30.3 Å². The lowest BCUT2D eigenvalue weighted by Gasteiger charge is -2.34. The highest BCUT2D eigenvalue weighted by atomic mass is 127. The smallest absolute Gasteiger partial charge is 0.194 e. The van der Waals surface area contributed by atoms with Gasteiger partial charge in [0.15, 0.2) is 5.96 Å². The van der Waals surface area contributed by atoms with Gasteiger partial charge in [0, 0.05) is 58.2 Å². The number of aromatic nitrogens is 1. The number of hydrogen-bond donors (Lipinski definition) is 1. The van der Waals surface area contributed by atoms with Crippen LogP contribution >= 0.6 is 35.3 Å². The fourth-order valence-electron chi connectivity index (χ4n) is 3.91. The highest BCUT2D eigenvalue weighted by Crippen LogP contribution is 2.11. The van der Waals surface area contributed by atoms with Crippen molar-refractivity contribution < 1.29 is 0 Å². The van der Waals surface area contributed by atoms with Gasteiger partial charge in [-0.05, 0) is 38.8 Å². The molecule has 32 heavy (non-hydrogen) atoms. The summed E-state index contributed by atoms with van der Waals surface area (Å²) in [5, 5.41) is 6.66. The summed E-state index contributed by atoms with van der Waals surface area (Å²) < 4.78 is 0. The molecule has 0 amide bonds. The van der Waals surface area contributed by atoms with Crippen LogP contribution in [0.2, 0.25) is 0 Å². The maximum Gasteiger partial charge on any atom is 0.194 e. The summed E-state index contributed by atoms with van der Waals surface area (Å²) >= 11 is 1.70. The van der Waals surface area contributed by atoms with Gasteiger partial charge in [-0.25, -0.2) is 4.98 Å². The number of guanidine groups is 1. The number of hydrogen-bond acceptors (Lipinski definition) is 5. The zero-order chi connectivity index (χ0) is 21.9. The zero-order valence-corrected chi connectivity index (χ0v) is 22.9. The first kappa shape index (κ1) is 27.0. The van der Waals surface area contributed by atoms with Crippen molar-refractivity contribution in [1.82, 2.24) is 25.0 Å². The van der Waals surface area contributed by atoms with Crippen LogP contribution in [0.4, 0.5) is 0 Å². The highest BCUT2D eigenvalue weighted by molar-refractivity contribution is 14.0. The van der Waals surface area contributed by atoms with Crippen LogP contribution in [0.5, 0.6) is 0 Å². The molecule has 1 aromatic heterocycles. The Morgan fingerprint density at radius 3 is 2.50 bits per heavy atom. The number of aliphatic imine (C=N–C) groups is 1. The van der Waals surface area contributed by atoms with Crippen LogP contribution in [0, 0.1) is 6.92 Å². The number of thiazole rings is 1. The molecule has 0 atom stereocenters. The molecule has 3 rings (SSSR count). The van der Waals surface area contributed by atoms with Crippen LogP contribution in [0.3, 0.4) is 0 Å². The lowest BCUT2D eigenvalue weighted by atomic mass is 10.2. The number of unbranched alkanes of at least 4 members (excludes halogenated alkanes) is 1. The first-order chi connectivity index (χ1) is 15.1. The fraction of sp³-hybridized carbons (Fsp3) is 0.583. The molecular formula is C24H39IN6S. The Labute approximate surface area is 215 Å². The van der Waals surface area contributed by atoms with Gasteiger partial charge in [0.25, 0.3) is 0 Å². The molecule has 0 bridgehead atoms. The Bertz CT molecular complexity index is 789. The van der Waals surface area contributed by atoms with Crippen molar-refractivity contribution >= 4 is 41.3 Å². The Balaban J connectivity index is 0.00000363. The second kappa shape index (κ2) is 14.8. The largest absolute Gasteiger partial charge is 0.357 e. The van der Waals surface area contributed by atoms with Crippen LogP contribution in [-0.4, -0.2) is 78.5 Å². The molecule has 1 aliphatic rings. The predicted octanol–water partition coefficient (Wildman–Crippen LogP) is 4.06. The number of rotatable bonds is 10. The molecule has 178 valence electrons. The fourth-order valence-corrected chi connectivity index (χ4v) is 4.52. The number of piperazine rings is 1. The van der Waals surface area contributed by atoms with E-state index in [0.29, 0.717) is 0 Å². The van der Waals surface area contributed by atoms with Crippen LogP contribution in [0.1, 0.15) is 36.0 Å². The number of halogens is 1. The van der Waals surface area contributed by atoms with E-state index in [2.05, 4.69) is 81.6 Å². The van der Waals surface area contributed by atoms with Crippen LogP contribution in [0.25, 0.3) is 0 Å². The number of nitrogens with one attached hydrogen (secondary N) is 1. The van der Waals surface area contributed by atoms with Crippen molar-refractivity contribution in [3.63, 3.8) is 0 Å². The summed E-state index contributed by atoms with van der Waals surface area (Å²) in [7, 11) is 2.09. The number of benzene rings is 1. The maximum atomic E-state index is 4.84. The first-order valence-electron chi connectivity index (χ1n) is 11.5. The van der Waals surface area contributed by atoms with Crippen LogP contribution in [-0.2, 0) is 13.1 Å². The second-order valence-electron chi connectivity index (χ2n) is 8.26. The predicted molar refractivity (Wildman–Crippen MR) is 147 cm³/mol. The molecule has 1 saturated heterocycles. The highest BCUT2D eigenvalue weighted by Gasteiger charge is 2.16. The van der Waals surface area contributed by atoms with E-state index < -0.39 is 0 Å². The van der Waals surface area contributed by atoms with E-state index in [1.54, 1.807) is 11.3 Å². The molecule has 2 heterocycles. The van der Waals surface area contributed by atoms with Crippen LogP contribution in [0.15, 0.2) is 40.7 Å². The standard InChI is InChI=1S/C24H38N6S.HI/c1-4-25-24(28(3)19-23-20-31-21(2)27-23)26-12-8-9-13-29-14-16-30(17-15-29)18-22-10-6-5-7-11-22;/h5-7,10-11,20H,4,8-9,12-19H2,1-3H3,(H,25,26);1H. The van der Waals surface area contributed by atoms with Crippen molar-refractivity contribution in [3.05, 3.63) is 52.0 Å². The summed E-state index contributed by atoms with van der Waals surface area (Å²) in [6.45, 7) is 13.7. The minimum Gasteiger partial charge on any atom is -0.357 e. The summed E-state index contributed by atoms with van der Waals surface area (Å²) in [4.78, 5) is 16.7. The molecule has 0 radical (unpaired) electrons. The average Bonchev–Trinajstić information content (AvgIpc) is 3.19. The molecule has 0 spiro atoms. The Kier molecular flexibility index (Phi) is 12.5. The molecule has 6 nitrogen and oxygen atoms in total. The molecule has 0 saturated carbocycles. The van der Waals surface area contributed by atoms with Gasteiger partial charge in [-0.3, -0.25) is 9.89 Å². The van der Waals surface area contributed by atoms with Gasteiger partial charge in [0.2, 0.25) is 0 Å². The van der Waals surface area contributed by atoms with Crippen molar-refractivity contribution in [3.8, 4) is 0 Å². The Morgan fingerprint density at radius 1 is 1.12 bits per heavy atom. The normalized spacial score (nSPS) is 15.4. The lowest BCUT2D eigenvalue weighted by Crippen LogP contribution is -2.46. The van der Waals surface area contributed by atoms with Gasteiger partial charge in [-0.2, -0.15) is 0 Å². The first-order valence-corrected chi connectivity index (χ1v) is 12.4. The average molecular weight is 571 g/mol. The van der Waals surface area contributed by atoms with E-state index in [1.807, 2.05) is 0 Å². The summed E-state index contributed by atoms with van der Waals surface area (Å²) in [5.41, 5.74) is 2.53. The van der Waals surface area contributed by atoms with Crippen molar-refractivity contribution in [2.45, 2.75) is 39.8 Å². The summed E-state index contributed by atoms with van der Waals surface area (Å²) in [5.74, 6) is 0.975. The van der Waals surface area contributed by atoms with E-state index >= 15 is 0 Å². The topological polar surface area (TPSA) is 47.0 Å². The Hall–Kier alpha value is -1.23. The minimum atomic E-state index is 0. The third-order valence-electron chi connectivity index (χ3n) is 5.62. The van der Waals surface area contributed by atoms with Crippen molar-refractivity contribution in [2.24, 2.45) is 4.99 Å². The maximum absolute atomic E-state index is 4.84. The third-order valence-corrected chi connectivity index (χ3v) is 6.44. The van der Waals surface area contributed by atoms with Gasteiger partial charge in [0.1, 0.15) is 0 Å². The van der Waals surface area contributed by atoms with E-state index in [1.165, 1.54) is 44.7 Å². The van der Waals surface area contributed by atoms with Crippen LogP contribution < -0.4 is 5.32 Å². The molecule has 0 aliphatic carbocycles. The van der Waals surface area contributed by atoms with Gasteiger partial charge in [0.05, 0.1) is 17.2 Å². The van der Waals surface area contributed by atoms with Crippen molar-refractivity contribution in [1.29, 1.82) is 0 Å². The zero-order valence-electron chi connectivity index (χ0n) is 19.8. The minimum absolute atomic E-state index is 0. The molecule has 1 aromatic carbocycles. The van der Waals surface area contributed by atoms with Crippen molar-refractivity contribution in [2.75, 3.05) is 52.9 Å². The SMILES string of the molecule is CCNC(=NCCCCN1CCN(Cc2ccccc2)CC1)N(C)Cc1csc(C)n1.I. The molecule has 1 aliphatic heterocycles. The monoisotopic (exact) mass is 570 g/mol. The molecule has 0 unspecified atom stereocenters. The van der Waals surface area contributed by atoms with E-state index in [9.17, 15) is 0 Å². The van der Waals surface area contributed by atoms with E-state index in [4.69, 9.17) is 4.99 Å². The number of aryl methyl sites for hydroxylation is 1. The molecular weight excluding hydrogens is 531 g/mol. The quantitative estimate of drug-likeness (QED) is 0.202. The summed E-state index contributed by atoms with van der Waals surface area (Å²) in [6, 6.07) is 10.8. The van der Waals surface area contributed by atoms with Gasteiger partial charge < -0.3 is 15.1 Å². The molecule has 1 N–H and O–H groups in total. The summed E-state index contributed by atoms with van der Waals surface area (Å²) in [6.07, 6.45) is 2.33. The Morgan fingerprint density at radius 2 is 1.84 bits per heavy atom. The second-order valence-corrected chi connectivity index (χ2v) is 9.32. The van der Waals surface area contributed by atoms with E-state index in [0.717, 1.165) is 49.3 Å². The molecule has 8 heteroatoms. The van der Waals surface area contributed by atoms with E-state index in [-0.39, 0.29) is 24.0 Å². The molecule has 2 aromatic rings. The third kappa shape index (κ3) is 9.33. The van der Waals surface area contributed by atoms with Gasteiger partial charge >= 0.3 is 0 Å². The number of nitrogens with zero attached hydrogens (tertiary/aromatic N) is 5.